The molecule has 0 spiro atoms. The van der Waals surface area contributed by atoms with Gasteiger partial charge in [0.15, 0.2) is 0 Å². The molecule has 21 heavy (non-hydrogen) atoms. The van der Waals surface area contributed by atoms with Crippen LogP contribution < -0.4 is 4.72 Å². The van der Waals surface area contributed by atoms with Crippen LogP contribution in [0.1, 0.15) is 22.0 Å². The average Bonchev–Trinajstić information content (AvgIpc) is 3.05. The van der Waals surface area contributed by atoms with Gasteiger partial charge in [0.1, 0.15) is 15.2 Å². The van der Waals surface area contributed by atoms with Crippen molar-refractivity contribution in [3.05, 3.63) is 52.4 Å². The Kier molecular flexibility index (Phi) is 3.55. The Morgan fingerprint density at radius 2 is 2.05 bits per heavy atom. The van der Waals surface area contributed by atoms with Gasteiger partial charge in [-0.2, -0.15) is 5.26 Å². The smallest absolute Gasteiger partial charge is 0.250 e. The first-order valence-electron chi connectivity index (χ1n) is 6.29. The predicted octanol–water partition coefficient (Wildman–Crippen LogP) is 1.56. The van der Waals surface area contributed by atoms with Crippen molar-refractivity contribution in [3.8, 4) is 6.07 Å². The van der Waals surface area contributed by atoms with Crippen molar-refractivity contribution in [1.82, 2.24) is 4.72 Å². The molecule has 2 aromatic rings. The standard InChI is InChI=1S/C14H12N2O3S2/c15-8-10-5-6-13(20-10)21(18,19)16-14-11-4-2-1-3-9(11)7-12(14)17/h1-6,12,14,16-17H,7H2/t12-,14+/m0/s1. The number of aliphatic hydroxyl groups is 1. The SMILES string of the molecule is N#Cc1ccc(S(=O)(=O)N[C@@H]2c3ccccc3C[C@@H]2O)s1. The molecule has 5 nitrogen and oxygen atoms in total. The largest absolute Gasteiger partial charge is 0.391 e. The molecule has 1 aliphatic rings. The zero-order chi connectivity index (χ0) is 15.0. The third-order valence-electron chi connectivity index (χ3n) is 3.44. The van der Waals surface area contributed by atoms with Crippen molar-refractivity contribution >= 4 is 21.4 Å². The average molecular weight is 320 g/mol. The molecule has 3 rings (SSSR count). The minimum absolute atomic E-state index is 0.0793. The number of nitrogens with one attached hydrogen (secondary N) is 1. The molecule has 1 heterocycles. The van der Waals surface area contributed by atoms with Crippen LogP contribution in [0.25, 0.3) is 0 Å². The number of nitrogens with zero attached hydrogens (tertiary/aromatic N) is 1. The number of aliphatic hydroxyl groups excluding tert-OH is 1. The molecule has 7 heteroatoms. The Hall–Kier alpha value is -1.72. The lowest BCUT2D eigenvalue weighted by molar-refractivity contribution is 0.151. The maximum absolute atomic E-state index is 12.4. The van der Waals surface area contributed by atoms with Crippen molar-refractivity contribution in [3.63, 3.8) is 0 Å². The van der Waals surface area contributed by atoms with E-state index in [0.717, 1.165) is 22.5 Å². The molecule has 2 N–H and O–H groups in total. The minimum Gasteiger partial charge on any atom is -0.391 e. The molecule has 0 saturated carbocycles. The van der Waals surface area contributed by atoms with Gasteiger partial charge in [0.2, 0.25) is 0 Å². The Morgan fingerprint density at radius 1 is 1.29 bits per heavy atom. The maximum atomic E-state index is 12.4. The fourth-order valence-corrected chi connectivity index (χ4v) is 4.83. The molecule has 0 unspecified atom stereocenters. The predicted molar refractivity (Wildman–Crippen MR) is 78.2 cm³/mol. The van der Waals surface area contributed by atoms with E-state index < -0.39 is 22.2 Å². The third kappa shape index (κ3) is 2.59. The van der Waals surface area contributed by atoms with Gasteiger partial charge >= 0.3 is 0 Å². The monoisotopic (exact) mass is 320 g/mol. The summed E-state index contributed by atoms with van der Waals surface area (Å²) < 4.78 is 27.3. The summed E-state index contributed by atoms with van der Waals surface area (Å²) in [5.41, 5.74) is 1.74. The van der Waals surface area contributed by atoms with Gasteiger partial charge in [0, 0.05) is 6.42 Å². The number of nitriles is 1. The first-order chi connectivity index (χ1) is 10.0. The number of hydrogen-bond acceptors (Lipinski definition) is 5. The van der Waals surface area contributed by atoms with Gasteiger partial charge < -0.3 is 5.11 Å². The molecule has 0 bridgehead atoms. The van der Waals surface area contributed by atoms with Crippen LogP contribution in [-0.4, -0.2) is 19.6 Å². The summed E-state index contributed by atoms with van der Waals surface area (Å²) in [6.45, 7) is 0. The van der Waals surface area contributed by atoms with Crippen molar-refractivity contribution in [2.45, 2.75) is 22.8 Å². The molecule has 108 valence electrons. The first kappa shape index (κ1) is 14.2. The Balaban J connectivity index is 1.91. The van der Waals surface area contributed by atoms with E-state index in [2.05, 4.69) is 4.72 Å². The van der Waals surface area contributed by atoms with Crippen molar-refractivity contribution < 1.29 is 13.5 Å². The molecule has 0 fully saturated rings. The Labute approximate surface area is 126 Å². The fourth-order valence-electron chi connectivity index (χ4n) is 2.47. The molecule has 1 aliphatic carbocycles. The lowest BCUT2D eigenvalue weighted by Crippen LogP contribution is -2.33. The molecule has 1 aromatic carbocycles. The summed E-state index contributed by atoms with van der Waals surface area (Å²) in [5.74, 6) is 0. The van der Waals surface area contributed by atoms with E-state index in [-0.39, 0.29) is 4.21 Å². The minimum atomic E-state index is -3.75. The van der Waals surface area contributed by atoms with Crippen LogP contribution >= 0.6 is 11.3 Å². The molecule has 0 saturated heterocycles. The van der Waals surface area contributed by atoms with Gasteiger partial charge in [-0.3, -0.25) is 0 Å². The Bertz CT molecular complexity index is 821. The summed E-state index contributed by atoms with van der Waals surface area (Å²) >= 11 is 0.913. The number of benzene rings is 1. The highest BCUT2D eigenvalue weighted by Gasteiger charge is 2.34. The second-order valence-corrected chi connectivity index (χ2v) is 7.82. The zero-order valence-electron chi connectivity index (χ0n) is 10.9. The van der Waals surface area contributed by atoms with Crippen LogP contribution in [-0.2, 0) is 16.4 Å². The van der Waals surface area contributed by atoms with Gasteiger partial charge in [-0.05, 0) is 23.3 Å². The highest BCUT2D eigenvalue weighted by Crippen LogP contribution is 2.33. The fraction of sp³-hybridized carbons (Fsp3) is 0.214. The molecular formula is C14H12N2O3S2. The van der Waals surface area contributed by atoms with Crippen LogP contribution in [0.15, 0.2) is 40.6 Å². The van der Waals surface area contributed by atoms with Gasteiger partial charge in [0.05, 0.1) is 12.1 Å². The van der Waals surface area contributed by atoms with E-state index in [4.69, 9.17) is 5.26 Å². The van der Waals surface area contributed by atoms with Crippen molar-refractivity contribution in [2.24, 2.45) is 0 Å². The van der Waals surface area contributed by atoms with E-state index in [0.29, 0.717) is 11.3 Å². The molecule has 0 amide bonds. The lowest BCUT2D eigenvalue weighted by Gasteiger charge is -2.17. The molecule has 0 aliphatic heterocycles. The van der Waals surface area contributed by atoms with Gasteiger partial charge in [-0.15, -0.1) is 11.3 Å². The summed E-state index contributed by atoms with van der Waals surface area (Å²) in [6, 6.07) is 11.5. The number of sulfonamides is 1. The van der Waals surface area contributed by atoms with Crippen LogP contribution in [0.3, 0.4) is 0 Å². The van der Waals surface area contributed by atoms with E-state index >= 15 is 0 Å². The summed E-state index contributed by atoms with van der Waals surface area (Å²) in [5, 5.41) is 18.9. The summed E-state index contributed by atoms with van der Waals surface area (Å²) in [6.07, 6.45) is -0.357. The number of thiophene rings is 1. The molecule has 1 aromatic heterocycles. The normalized spacial score (nSPS) is 21.0. The van der Waals surface area contributed by atoms with Crippen LogP contribution in [0, 0.1) is 11.3 Å². The second kappa shape index (κ2) is 5.24. The summed E-state index contributed by atoms with van der Waals surface area (Å²) in [4.78, 5) is 0.336. The number of hydrogen-bond donors (Lipinski definition) is 2. The van der Waals surface area contributed by atoms with E-state index in [1.807, 2.05) is 30.3 Å². The number of rotatable bonds is 3. The van der Waals surface area contributed by atoms with Gasteiger partial charge in [0.25, 0.3) is 10.0 Å². The lowest BCUT2D eigenvalue weighted by atomic mass is 10.1. The third-order valence-corrected chi connectivity index (χ3v) is 6.37. The van der Waals surface area contributed by atoms with E-state index in [9.17, 15) is 13.5 Å². The Morgan fingerprint density at radius 3 is 2.76 bits per heavy atom. The highest BCUT2D eigenvalue weighted by molar-refractivity contribution is 7.91. The van der Waals surface area contributed by atoms with Gasteiger partial charge in [-0.25, -0.2) is 13.1 Å². The molecule has 0 radical (unpaired) electrons. The summed E-state index contributed by atoms with van der Waals surface area (Å²) in [7, 11) is -3.75. The van der Waals surface area contributed by atoms with Crippen LogP contribution in [0.4, 0.5) is 0 Å². The maximum Gasteiger partial charge on any atom is 0.250 e. The highest BCUT2D eigenvalue weighted by atomic mass is 32.2. The topological polar surface area (TPSA) is 90.2 Å². The van der Waals surface area contributed by atoms with E-state index in [1.165, 1.54) is 12.1 Å². The van der Waals surface area contributed by atoms with E-state index in [1.54, 1.807) is 0 Å². The van der Waals surface area contributed by atoms with Crippen LogP contribution in [0.2, 0.25) is 0 Å². The quantitative estimate of drug-likeness (QED) is 0.898. The van der Waals surface area contributed by atoms with Gasteiger partial charge in [-0.1, -0.05) is 24.3 Å². The first-order valence-corrected chi connectivity index (χ1v) is 8.59. The van der Waals surface area contributed by atoms with Crippen molar-refractivity contribution in [1.29, 1.82) is 5.26 Å². The molecular weight excluding hydrogens is 308 g/mol. The van der Waals surface area contributed by atoms with Crippen molar-refractivity contribution in [2.75, 3.05) is 0 Å². The second-order valence-electron chi connectivity index (χ2n) is 4.80. The zero-order valence-corrected chi connectivity index (χ0v) is 12.5. The van der Waals surface area contributed by atoms with Crippen LogP contribution in [0.5, 0.6) is 0 Å². The molecule has 2 atom stereocenters. The number of fused-ring (bicyclic) bond motifs is 1.